The van der Waals surface area contributed by atoms with Crippen LogP contribution in [0.15, 0.2) is 77.2 Å². The zero-order valence-corrected chi connectivity index (χ0v) is 24.0. The molecule has 2 N–H and O–H groups in total. The summed E-state index contributed by atoms with van der Waals surface area (Å²) in [4.78, 5) is 16.4. The Labute approximate surface area is 246 Å². The van der Waals surface area contributed by atoms with Crippen LogP contribution in [0.5, 0.6) is 5.75 Å². The lowest BCUT2D eigenvalue weighted by molar-refractivity contribution is 0.0322. The molecule has 4 aliphatic heterocycles. The minimum Gasteiger partial charge on any atom is -0.489 e. The minimum atomic E-state index is 0.566. The Kier molecular flexibility index (Phi) is 9.02. The normalized spacial score (nSPS) is 18.6. The van der Waals surface area contributed by atoms with Crippen LogP contribution in [0.2, 0.25) is 0 Å². The Balaban J connectivity index is 1.09. The van der Waals surface area contributed by atoms with E-state index < -0.39 is 0 Å². The molecular formula is C31H37N8O3+. The summed E-state index contributed by atoms with van der Waals surface area (Å²) < 4.78 is 21.9. The molecule has 1 aromatic carbocycles. The second-order valence-corrected chi connectivity index (χ2v) is 10.4. The molecule has 0 radical (unpaired) electrons. The number of ether oxygens (including phenoxy) is 3. The number of hydrazine groups is 2. The van der Waals surface area contributed by atoms with Crippen LogP contribution in [-0.2, 0) is 16.0 Å². The van der Waals surface area contributed by atoms with Gasteiger partial charge in [0.1, 0.15) is 6.61 Å². The first-order valence-electron chi connectivity index (χ1n) is 14.7. The molecule has 218 valence electrons. The maximum atomic E-state index is 6.13. The largest absolute Gasteiger partial charge is 0.489 e. The van der Waals surface area contributed by atoms with E-state index in [-0.39, 0.29) is 0 Å². The molecule has 4 aliphatic rings. The van der Waals surface area contributed by atoms with E-state index in [1.54, 1.807) is 18.6 Å². The number of amidine groups is 1. The van der Waals surface area contributed by atoms with Crippen molar-refractivity contribution < 1.29 is 14.2 Å². The molecule has 42 heavy (non-hydrogen) atoms. The van der Waals surface area contributed by atoms with Crippen molar-refractivity contribution in [2.45, 2.75) is 39.2 Å². The van der Waals surface area contributed by atoms with E-state index in [1.807, 2.05) is 29.3 Å². The lowest BCUT2D eigenvalue weighted by Crippen LogP contribution is -2.38. The van der Waals surface area contributed by atoms with Gasteiger partial charge in [0.25, 0.3) is 0 Å². The van der Waals surface area contributed by atoms with Crippen LogP contribution in [0, 0.1) is 0 Å². The van der Waals surface area contributed by atoms with E-state index in [0.29, 0.717) is 36.4 Å². The number of nitrogens with zero attached hydrogens (tertiary/aromatic N) is 6. The first-order chi connectivity index (χ1) is 20.7. The Bertz CT molecular complexity index is 1450. The molecule has 0 amide bonds. The SMILES string of the molecule is CCCC1=[N+]=CC(OC2=CCCC=C3NNN(Cc4cccc(-c5ncc(OCCN6CCOCC6)cn5)c4)C3=N2)=C1. The second-order valence-electron chi connectivity index (χ2n) is 10.4. The maximum Gasteiger partial charge on any atom is 0.335 e. The molecule has 0 spiro atoms. The van der Waals surface area contributed by atoms with Gasteiger partial charge in [-0.2, -0.15) is 4.99 Å². The summed E-state index contributed by atoms with van der Waals surface area (Å²) in [5.41, 5.74) is 10.5. The van der Waals surface area contributed by atoms with Gasteiger partial charge in [-0.15, -0.1) is 5.53 Å². The lowest BCUT2D eigenvalue weighted by atomic mass is 10.1. The van der Waals surface area contributed by atoms with Crippen LogP contribution < -0.4 is 20.4 Å². The number of rotatable bonds is 11. The molecule has 6 rings (SSSR count). The minimum absolute atomic E-state index is 0.566. The average Bonchev–Trinajstić information content (AvgIpc) is 3.61. The van der Waals surface area contributed by atoms with Crippen molar-refractivity contribution in [2.75, 3.05) is 39.5 Å². The van der Waals surface area contributed by atoms with E-state index in [4.69, 9.17) is 19.2 Å². The molecule has 0 atom stereocenters. The summed E-state index contributed by atoms with van der Waals surface area (Å²) in [6.45, 7) is 7.64. The van der Waals surface area contributed by atoms with Crippen molar-refractivity contribution in [3.05, 3.63) is 77.8 Å². The maximum absolute atomic E-state index is 6.13. The smallest absolute Gasteiger partial charge is 0.335 e. The van der Waals surface area contributed by atoms with Crippen LogP contribution in [0.4, 0.5) is 0 Å². The van der Waals surface area contributed by atoms with Gasteiger partial charge in [-0.25, -0.2) is 9.97 Å². The third-order valence-electron chi connectivity index (χ3n) is 7.20. The molecule has 11 nitrogen and oxygen atoms in total. The van der Waals surface area contributed by atoms with Crippen molar-refractivity contribution >= 4 is 17.8 Å². The van der Waals surface area contributed by atoms with Gasteiger partial charge in [-0.05, 0) is 37.0 Å². The van der Waals surface area contributed by atoms with Crippen molar-refractivity contribution in [1.82, 2.24) is 35.5 Å². The zero-order chi connectivity index (χ0) is 28.6. The van der Waals surface area contributed by atoms with Gasteiger partial charge >= 0.3 is 11.9 Å². The number of fused-ring (bicyclic) bond motifs is 1. The third-order valence-corrected chi connectivity index (χ3v) is 7.20. The quantitative estimate of drug-likeness (QED) is 0.395. The second kappa shape index (κ2) is 13.6. The van der Waals surface area contributed by atoms with Gasteiger partial charge in [0.15, 0.2) is 17.4 Å². The molecule has 2 fully saturated rings. The van der Waals surface area contributed by atoms with Gasteiger partial charge < -0.3 is 19.6 Å². The molecule has 0 bridgehead atoms. The number of aliphatic imine (C=N–C) groups is 1. The van der Waals surface area contributed by atoms with E-state index in [9.17, 15) is 0 Å². The molecule has 0 saturated carbocycles. The van der Waals surface area contributed by atoms with Crippen LogP contribution >= 0.6 is 0 Å². The fraction of sp³-hybridized carbons (Fsp3) is 0.387. The van der Waals surface area contributed by atoms with E-state index in [2.05, 4.69) is 55.6 Å². The number of hydrogen-bond donors (Lipinski definition) is 2. The van der Waals surface area contributed by atoms with Crippen molar-refractivity contribution in [3.8, 4) is 17.1 Å². The Morgan fingerprint density at radius 2 is 1.95 bits per heavy atom. The van der Waals surface area contributed by atoms with Crippen LogP contribution in [-0.4, -0.2) is 77.1 Å². The molecule has 5 heterocycles. The summed E-state index contributed by atoms with van der Waals surface area (Å²) in [6, 6.07) is 8.21. The molecule has 2 aromatic rings. The number of allylic oxidation sites excluding steroid dienone is 4. The van der Waals surface area contributed by atoms with E-state index in [0.717, 1.165) is 86.9 Å². The zero-order valence-electron chi connectivity index (χ0n) is 24.0. The summed E-state index contributed by atoms with van der Waals surface area (Å²) in [6.07, 6.45) is 15.1. The van der Waals surface area contributed by atoms with Crippen molar-refractivity contribution in [2.24, 2.45) is 4.99 Å². The van der Waals surface area contributed by atoms with Crippen LogP contribution in [0.25, 0.3) is 11.4 Å². The lowest BCUT2D eigenvalue weighted by Gasteiger charge is -2.26. The van der Waals surface area contributed by atoms with Gasteiger partial charge in [0.2, 0.25) is 11.6 Å². The van der Waals surface area contributed by atoms with Gasteiger partial charge in [0.05, 0.1) is 50.3 Å². The Morgan fingerprint density at radius 3 is 2.81 bits per heavy atom. The topological polar surface area (TPSA) is 110 Å². The van der Waals surface area contributed by atoms with E-state index >= 15 is 0 Å². The first-order valence-corrected chi connectivity index (χ1v) is 14.7. The Morgan fingerprint density at radius 1 is 1.10 bits per heavy atom. The predicted molar refractivity (Wildman–Crippen MR) is 162 cm³/mol. The van der Waals surface area contributed by atoms with Gasteiger partial charge in [-0.3, -0.25) is 9.91 Å². The van der Waals surface area contributed by atoms with Crippen LogP contribution in [0.3, 0.4) is 0 Å². The molecule has 1 aromatic heterocycles. The number of hydrogen-bond acceptors (Lipinski definition) is 10. The summed E-state index contributed by atoms with van der Waals surface area (Å²) >= 11 is 0. The summed E-state index contributed by atoms with van der Waals surface area (Å²) in [5.74, 6) is 3.37. The molecule has 0 unspecified atom stereocenters. The third kappa shape index (κ3) is 7.13. The van der Waals surface area contributed by atoms with Crippen molar-refractivity contribution in [3.63, 3.8) is 0 Å². The first kappa shape index (κ1) is 27.9. The predicted octanol–water partition coefficient (Wildman–Crippen LogP) is 2.89. The van der Waals surface area contributed by atoms with Gasteiger partial charge in [0, 0.05) is 25.2 Å². The monoisotopic (exact) mass is 569 g/mol. The van der Waals surface area contributed by atoms with E-state index in [1.165, 1.54) is 0 Å². The number of nitrogens with one attached hydrogen (secondary N) is 2. The highest BCUT2D eigenvalue weighted by Gasteiger charge is 2.26. The molecule has 11 heteroatoms. The Hall–Kier alpha value is -4.28. The highest BCUT2D eigenvalue weighted by molar-refractivity contribution is 6.04. The number of morpholine rings is 1. The number of aromatic nitrogens is 2. The molecule has 2 saturated heterocycles. The summed E-state index contributed by atoms with van der Waals surface area (Å²) in [7, 11) is 0. The average molecular weight is 570 g/mol. The number of benzene rings is 1. The fourth-order valence-electron chi connectivity index (χ4n) is 5.01. The fourth-order valence-corrected chi connectivity index (χ4v) is 5.01. The van der Waals surface area contributed by atoms with Gasteiger partial charge in [-0.1, -0.05) is 35.9 Å². The van der Waals surface area contributed by atoms with Crippen LogP contribution in [0.1, 0.15) is 38.2 Å². The highest BCUT2D eigenvalue weighted by atomic mass is 16.5. The molecule has 0 aliphatic carbocycles. The molecular weight excluding hydrogens is 532 g/mol. The highest BCUT2D eigenvalue weighted by Crippen LogP contribution is 2.22. The summed E-state index contributed by atoms with van der Waals surface area (Å²) in [5, 5.41) is 1.98. The van der Waals surface area contributed by atoms with Crippen molar-refractivity contribution in [1.29, 1.82) is 0 Å². The standard InChI is InChI=1S/C31H36N8O3/c1-2-6-25-18-26(19-32-25)42-29-10-4-3-9-28-31(35-29)39(37-36-28)22-23-7-5-8-24(17-23)30-33-20-27(21-34-30)41-16-13-38-11-14-40-15-12-38/h5,7-10,17-21,32H,2-4,6,11-16,22H2,1H3/p+1.